The van der Waals surface area contributed by atoms with Gasteiger partial charge in [0.1, 0.15) is 11.5 Å². The number of hydrogen-bond donors (Lipinski definition) is 0. The van der Waals surface area contributed by atoms with Crippen molar-refractivity contribution in [3.8, 4) is 34.1 Å². The predicted octanol–water partition coefficient (Wildman–Crippen LogP) is 9.14. The largest absolute Gasteiger partial charge is 0.497 e. The van der Waals surface area contributed by atoms with Crippen molar-refractivity contribution in [2.24, 2.45) is 0 Å². The molecule has 0 aromatic heterocycles. The lowest BCUT2D eigenvalue weighted by atomic mass is 9.71. The zero-order valence-corrected chi connectivity index (χ0v) is 29.0. The molecule has 0 bridgehead atoms. The minimum Gasteiger partial charge on any atom is -0.497 e. The van der Waals surface area contributed by atoms with E-state index in [-0.39, 0.29) is 5.41 Å². The van der Waals surface area contributed by atoms with Gasteiger partial charge in [-0.05, 0) is 83.0 Å². The number of rotatable bonds is 8. The van der Waals surface area contributed by atoms with Crippen LogP contribution < -0.4 is 23.8 Å². The van der Waals surface area contributed by atoms with E-state index in [9.17, 15) is 0 Å². The van der Waals surface area contributed by atoms with Crippen LogP contribution in [0.3, 0.4) is 0 Å². The quantitative estimate of drug-likeness (QED) is 0.167. The Hall–Kier alpha value is -4.94. The summed E-state index contributed by atoms with van der Waals surface area (Å²) < 4.78 is 30.6. The van der Waals surface area contributed by atoms with E-state index in [0.717, 1.165) is 78.1 Å². The Balaban J connectivity index is 1.41. The highest BCUT2D eigenvalue weighted by Crippen LogP contribution is 2.61. The van der Waals surface area contributed by atoms with Gasteiger partial charge in [-0.3, -0.25) is 0 Å². The summed E-state index contributed by atoms with van der Waals surface area (Å²) >= 11 is 0. The second-order valence-corrected chi connectivity index (χ2v) is 13.1. The van der Waals surface area contributed by atoms with Gasteiger partial charge in [-0.25, -0.2) is 0 Å². The molecule has 5 aromatic rings. The van der Waals surface area contributed by atoms with Gasteiger partial charge in [0.15, 0.2) is 17.1 Å². The van der Waals surface area contributed by atoms with Crippen molar-refractivity contribution >= 4 is 22.5 Å². The topological polar surface area (TPSA) is 49.4 Å². The lowest BCUT2D eigenvalue weighted by Crippen LogP contribution is -2.37. The molecule has 0 radical (unpaired) electrons. The Morgan fingerprint density at radius 1 is 0.735 bits per heavy atom. The van der Waals surface area contributed by atoms with Crippen molar-refractivity contribution in [2.45, 2.75) is 37.7 Å². The smallest absolute Gasteiger partial charge is 0.178 e. The molecule has 6 heteroatoms. The van der Waals surface area contributed by atoms with E-state index in [1.165, 1.54) is 27.9 Å². The van der Waals surface area contributed by atoms with Crippen LogP contribution in [-0.4, -0.2) is 47.6 Å². The zero-order valence-electron chi connectivity index (χ0n) is 29.0. The molecule has 250 valence electrons. The highest BCUT2D eigenvalue weighted by molar-refractivity contribution is 6.09. The Bertz CT molecular complexity index is 2060. The molecular formula is C43H43NO5. The van der Waals surface area contributed by atoms with Gasteiger partial charge in [-0.15, -0.1) is 0 Å². The third-order valence-corrected chi connectivity index (χ3v) is 11.1. The summed E-state index contributed by atoms with van der Waals surface area (Å²) in [5, 5.41) is 2.10. The average Bonchev–Trinajstić information content (AvgIpc) is 3.48. The van der Waals surface area contributed by atoms with Crippen molar-refractivity contribution < 1.29 is 23.7 Å². The number of hydrogen-bond acceptors (Lipinski definition) is 6. The molecule has 1 aliphatic carbocycles. The van der Waals surface area contributed by atoms with Crippen LogP contribution in [0.4, 0.5) is 5.69 Å². The molecule has 0 spiro atoms. The lowest BCUT2D eigenvalue weighted by Gasteiger charge is -2.39. The van der Waals surface area contributed by atoms with Crippen LogP contribution in [0.15, 0.2) is 91.0 Å². The van der Waals surface area contributed by atoms with Gasteiger partial charge in [0.05, 0.1) is 34.5 Å². The number of morpholine rings is 1. The molecule has 2 heterocycles. The molecule has 1 unspecified atom stereocenters. The third-order valence-electron chi connectivity index (χ3n) is 11.1. The fourth-order valence-corrected chi connectivity index (χ4v) is 8.54. The zero-order chi connectivity index (χ0) is 33.8. The molecule has 49 heavy (non-hydrogen) atoms. The van der Waals surface area contributed by atoms with Crippen LogP contribution in [0, 0.1) is 0 Å². The molecule has 1 saturated heterocycles. The Kier molecular flexibility index (Phi) is 7.79. The van der Waals surface area contributed by atoms with E-state index in [1.807, 2.05) is 12.1 Å². The first kappa shape index (κ1) is 31.3. The van der Waals surface area contributed by atoms with E-state index in [2.05, 4.69) is 104 Å². The molecule has 1 atom stereocenters. The summed E-state index contributed by atoms with van der Waals surface area (Å²) in [6, 6.07) is 30.2. The number of methoxy groups -OCH3 is 3. The van der Waals surface area contributed by atoms with Crippen molar-refractivity contribution in [2.75, 3.05) is 52.5 Å². The number of benzene rings is 5. The Labute approximate surface area is 288 Å². The van der Waals surface area contributed by atoms with Gasteiger partial charge < -0.3 is 28.6 Å². The summed E-state index contributed by atoms with van der Waals surface area (Å²) in [5.74, 6) is 3.02. The second-order valence-electron chi connectivity index (χ2n) is 13.1. The van der Waals surface area contributed by atoms with Gasteiger partial charge in [0, 0.05) is 46.3 Å². The summed E-state index contributed by atoms with van der Waals surface area (Å²) in [5.41, 5.74) is 8.56. The maximum atomic E-state index is 7.59. The van der Waals surface area contributed by atoms with Crippen LogP contribution in [0.25, 0.3) is 28.0 Å². The minimum absolute atomic E-state index is 0.162. The van der Waals surface area contributed by atoms with Crippen LogP contribution in [-0.2, 0) is 15.8 Å². The molecule has 0 saturated carbocycles. The number of nitrogens with zero attached hydrogens (tertiary/aromatic N) is 1. The lowest BCUT2D eigenvalue weighted by molar-refractivity contribution is 0.122. The number of ether oxygens (including phenoxy) is 5. The minimum atomic E-state index is -0.899. The summed E-state index contributed by atoms with van der Waals surface area (Å²) in [6.45, 7) is 7.87. The maximum Gasteiger partial charge on any atom is 0.178 e. The first-order chi connectivity index (χ1) is 24.0. The van der Waals surface area contributed by atoms with Gasteiger partial charge in [-0.1, -0.05) is 68.5 Å². The van der Waals surface area contributed by atoms with Crippen molar-refractivity contribution in [3.05, 3.63) is 119 Å². The average molecular weight is 654 g/mol. The third kappa shape index (κ3) is 4.64. The second kappa shape index (κ2) is 12.2. The van der Waals surface area contributed by atoms with Crippen LogP contribution in [0.5, 0.6) is 23.0 Å². The number of fused-ring (bicyclic) bond motifs is 8. The number of anilines is 1. The van der Waals surface area contributed by atoms with Gasteiger partial charge in [0.2, 0.25) is 0 Å². The summed E-state index contributed by atoms with van der Waals surface area (Å²) in [7, 11) is 5.09. The molecule has 0 amide bonds. The van der Waals surface area contributed by atoms with Crippen molar-refractivity contribution in [1.82, 2.24) is 0 Å². The SMILES string of the molecule is CCC1(CC)c2ccccc2-c2c1c1c(c3cc(OC)c(OC)cc23)OC(c2ccc(OC)cc2)(c2ccc(N3CCOCC3)cc2)C=C1. The maximum absolute atomic E-state index is 7.59. The van der Waals surface area contributed by atoms with Crippen LogP contribution in [0.2, 0.25) is 0 Å². The fraction of sp³-hybridized carbons (Fsp3) is 0.302. The van der Waals surface area contributed by atoms with E-state index in [1.54, 1.807) is 21.3 Å². The monoisotopic (exact) mass is 653 g/mol. The molecule has 8 rings (SSSR count). The summed E-state index contributed by atoms with van der Waals surface area (Å²) in [4.78, 5) is 2.38. The van der Waals surface area contributed by atoms with Crippen molar-refractivity contribution in [3.63, 3.8) is 0 Å². The summed E-state index contributed by atoms with van der Waals surface area (Å²) in [6.07, 6.45) is 6.52. The normalized spacial score (nSPS) is 18.8. The molecule has 2 aliphatic heterocycles. The Morgan fingerprint density at radius 3 is 2.00 bits per heavy atom. The van der Waals surface area contributed by atoms with Crippen LogP contribution >= 0.6 is 0 Å². The van der Waals surface area contributed by atoms with Crippen molar-refractivity contribution in [1.29, 1.82) is 0 Å². The Morgan fingerprint density at radius 2 is 1.37 bits per heavy atom. The van der Waals surface area contributed by atoms with Crippen LogP contribution in [0.1, 0.15) is 54.5 Å². The van der Waals surface area contributed by atoms with E-state index >= 15 is 0 Å². The highest BCUT2D eigenvalue weighted by atomic mass is 16.5. The highest BCUT2D eigenvalue weighted by Gasteiger charge is 2.47. The van der Waals surface area contributed by atoms with E-state index < -0.39 is 5.60 Å². The molecule has 0 N–H and O–H groups in total. The standard InChI is InChI=1S/C43H43NO5/c1-6-42(7-2)36-11-9-8-10-32(36)39-34-26-37(46-4)38(47-5)27-35(34)41-33(40(39)42)20-21-43(49-41,29-14-18-31(45-3)19-15-29)28-12-16-30(17-13-28)44-22-24-48-25-23-44/h8-21,26-27H,6-7,22-25H2,1-5H3. The molecule has 3 aliphatic rings. The predicted molar refractivity (Wildman–Crippen MR) is 197 cm³/mol. The van der Waals surface area contributed by atoms with E-state index in [0.29, 0.717) is 11.5 Å². The molecule has 5 aromatic carbocycles. The first-order valence-corrected chi connectivity index (χ1v) is 17.3. The first-order valence-electron chi connectivity index (χ1n) is 17.3. The fourth-order valence-electron chi connectivity index (χ4n) is 8.54. The van der Waals surface area contributed by atoms with Gasteiger partial charge in [0.25, 0.3) is 0 Å². The molecular weight excluding hydrogens is 610 g/mol. The van der Waals surface area contributed by atoms with Gasteiger partial charge in [-0.2, -0.15) is 0 Å². The molecule has 6 nitrogen and oxygen atoms in total. The molecule has 1 fully saturated rings. The van der Waals surface area contributed by atoms with Gasteiger partial charge >= 0.3 is 0 Å². The van der Waals surface area contributed by atoms with E-state index in [4.69, 9.17) is 23.7 Å².